The second kappa shape index (κ2) is 5.16. The van der Waals surface area contributed by atoms with E-state index in [-0.39, 0.29) is 5.63 Å². The molecule has 0 bridgehead atoms. The maximum Gasteiger partial charge on any atom is 0.339 e. The van der Waals surface area contributed by atoms with Gasteiger partial charge in [-0.05, 0) is 44.4 Å². The summed E-state index contributed by atoms with van der Waals surface area (Å²) in [5.74, 6) is 1.26. The van der Waals surface area contributed by atoms with Crippen LogP contribution in [-0.4, -0.2) is 17.3 Å². The number of methoxy groups -OCH3 is 1. The Morgan fingerprint density at radius 1 is 1.22 bits per heavy atom. The molecule has 1 aliphatic rings. The van der Waals surface area contributed by atoms with E-state index in [1.54, 1.807) is 25.4 Å². The number of nitrogens with zero attached hydrogens (tertiary/aromatic N) is 2. The number of hydrogen-bond acceptors (Lipinski definition) is 6. The van der Waals surface area contributed by atoms with Crippen LogP contribution in [0.15, 0.2) is 21.3 Å². The number of ether oxygens (including phenoxy) is 1. The van der Waals surface area contributed by atoms with Crippen molar-refractivity contribution in [3.63, 3.8) is 0 Å². The minimum Gasteiger partial charge on any atom is -0.496 e. The van der Waals surface area contributed by atoms with Gasteiger partial charge in [-0.3, -0.25) is 0 Å². The highest BCUT2D eigenvalue weighted by atomic mass is 32.1. The number of aromatic nitrogens is 2. The first-order chi connectivity index (χ1) is 11.1. The summed E-state index contributed by atoms with van der Waals surface area (Å²) in [7, 11) is 1.62. The number of rotatable bonds is 3. The summed E-state index contributed by atoms with van der Waals surface area (Å²) >= 11 is 1.60. The summed E-state index contributed by atoms with van der Waals surface area (Å²) in [5, 5.41) is 11.3. The third kappa shape index (κ3) is 2.34. The van der Waals surface area contributed by atoms with E-state index in [0.29, 0.717) is 22.8 Å². The number of aryl methyl sites for hydroxylation is 1. The minimum atomic E-state index is -0.315. The SMILES string of the molecule is COc1cc(-c2nnc(C3CC3)s2)cc2oc(=O)c(C)c(C)c12. The van der Waals surface area contributed by atoms with Gasteiger partial charge in [-0.15, -0.1) is 10.2 Å². The average molecular weight is 328 g/mol. The quantitative estimate of drug-likeness (QED) is 0.684. The van der Waals surface area contributed by atoms with Gasteiger partial charge < -0.3 is 9.15 Å². The van der Waals surface area contributed by atoms with Crippen LogP contribution in [0.4, 0.5) is 0 Å². The van der Waals surface area contributed by atoms with Crippen LogP contribution in [0, 0.1) is 13.8 Å². The molecule has 5 nitrogen and oxygen atoms in total. The predicted octanol–water partition coefficient (Wildman–Crippen LogP) is 3.81. The van der Waals surface area contributed by atoms with Crippen molar-refractivity contribution < 1.29 is 9.15 Å². The van der Waals surface area contributed by atoms with Crippen molar-refractivity contribution in [2.24, 2.45) is 0 Å². The smallest absolute Gasteiger partial charge is 0.339 e. The molecule has 118 valence electrons. The molecule has 0 spiro atoms. The van der Waals surface area contributed by atoms with E-state index in [2.05, 4.69) is 10.2 Å². The van der Waals surface area contributed by atoms with Crippen molar-refractivity contribution in [1.29, 1.82) is 0 Å². The van der Waals surface area contributed by atoms with Gasteiger partial charge in [0.1, 0.15) is 21.3 Å². The zero-order valence-corrected chi connectivity index (χ0v) is 14.0. The normalized spacial score (nSPS) is 14.4. The van der Waals surface area contributed by atoms with Crippen LogP contribution in [0.3, 0.4) is 0 Å². The predicted molar refractivity (Wildman–Crippen MR) is 89.4 cm³/mol. The molecule has 3 aromatic rings. The molecule has 0 amide bonds. The topological polar surface area (TPSA) is 65.2 Å². The fourth-order valence-corrected chi connectivity index (χ4v) is 3.69. The molecule has 0 N–H and O–H groups in total. The van der Waals surface area contributed by atoms with Crippen LogP contribution < -0.4 is 10.4 Å². The summed E-state index contributed by atoms with van der Waals surface area (Å²) in [6.45, 7) is 3.67. The van der Waals surface area contributed by atoms with Gasteiger partial charge >= 0.3 is 5.63 Å². The monoisotopic (exact) mass is 328 g/mol. The second-order valence-electron chi connectivity index (χ2n) is 5.91. The Labute approximate surface area is 136 Å². The van der Waals surface area contributed by atoms with Crippen molar-refractivity contribution in [3.8, 4) is 16.3 Å². The lowest BCUT2D eigenvalue weighted by Crippen LogP contribution is -2.06. The van der Waals surface area contributed by atoms with Gasteiger partial charge in [-0.2, -0.15) is 0 Å². The Kier molecular flexibility index (Phi) is 3.23. The molecule has 1 aliphatic carbocycles. The minimum absolute atomic E-state index is 0.315. The summed E-state index contributed by atoms with van der Waals surface area (Å²) in [5.41, 5.74) is 2.57. The summed E-state index contributed by atoms with van der Waals surface area (Å²) < 4.78 is 11.0. The van der Waals surface area contributed by atoms with E-state index in [0.717, 1.165) is 26.5 Å². The molecule has 1 saturated carbocycles. The Morgan fingerprint density at radius 2 is 2.00 bits per heavy atom. The van der Waals surface area contributed by atoms with Crippen LogP contribution in [-0.2, 0) is 0 Å². The fourth-order valence-electron chi connectivity index (χ4n) is 2.69. The highest BCUT2D eigenvalue weighted by molar-refractivity contribution is 7.14. The highest BCUT2D eigenvalue weighted by Gasteiger charge is 2.28. The van der Waals surface area contributed by atoms with E-state index in [9.17, 15) is 4.79 Å². The fraction of sp³-hybridized carbons (Fsp3) is 0.353. The molecule has 6 heteroatoms. The Balaban J connectivity index is 1.94. The summed E-state index contributed by atoms with van der Waals surface area (Å²) in [6.07, 6.45) is 2.39. The number of benzene rings is 1. The average Bonchev–Trinajstić information content (AvgIpc) is 3.28. The lowest BCUT2D eigenvalue weighted by atomic mass is 10.0. The van der Waals surface area contributed by atoms with Crippen molar-refractivity contribution in [2.75, 3.05) is 7.11 Å². The van der Waals surface area contributed by atoms with Crippen molar-refractivity contribution >= 4 is 22.3 Å². The summed E-state index contributed by atoms with van der Waals surface area (Å²) in [4.78, 5) is 12.0. The second-order valence-corrected chi connectivity index (χ2v) is 6.92. The van der Waals surface area contributed by atoms with Crippen LogP contribution >= 0.6 is 11.3 Å². The van der Waals surface area contributed by atoms with E-state index in [4.69, 9.17) is 9.15 Å². The largest absolute Gasteiger partial charge is 0.496 e. The summed E-state index contributed by atoms with van der Waals surface area (Å²) in [6, 6.07) is 3.79. The molecule has 1 fully saturated rings. The van der Waals surface area contributed by atoms with Crippen LogP contribution in [0.2, 0.25) is 0 Å². The maximum atomic E-state index is 12.0. The molecule has 0 saturated heterocycles. The van der Waals surface area contributed by atoms with Gasteiger partial charge in [-0.25, -0.2) is 4.79 Å². The van der Waals surface area contributed by atoms with E-state index >= 15 is 0 Å². The van der Waals surface area contributed by atoms with Crippen molar-refractivity contribution in [3.05, 3.63) is 38.7 Å². The van der Waals surface area contributed by atoms with Gasteiger partial charge in [0.05, 0.1) is 12.5 Å². The van der Waals surface area contributed by atoms with Gasteiger partial charge in [-0.1, -0.05) is 11.3 Å². The van der Waals surface area contributed by atoms with Gasteiger partial charge in [0.2, 0.25) is 0 Å². The molecule has 2 aromatic heterocycles. The van der Waals surface area contributed by atoms with Crippen molar-refractivity contribution in [2.45, 2.75) is 32.6 Å². The zero-order chi connectivity index (χ0) is 16.1. The van der Waals surface area contributed by atoms with Crippen LogP contribution in [0.25, 0.3) is 21.5 Å². The molecule has 0 radical (unpaired) electrons. The first kappa shape index (κ1) is 14.4. The molecule has 0 atom stereocenters. The van der Waals surface area contributed by atoms with Crippen LogP contribution in [0.5, 0.6) is 5.75 Å². The van der Waals surface area contributed by atoms with Gasteiger partial charge in [0.25, 0.3) is 0 Å². The van der Waals surface area contributed by atoms with E-state index < -0.39 is 0 Å². The molecule has 0 aliphatic heterocycles. The molecule has 2 heterocycles. The van der Waals surface area contributed by atoms with E-state index in [1.165, 1.54) is 12.8 Å². The first-order valence-electron chi connectivity index (χ1n) is 7.54. The molecule has 23 heavy (non-hydrogen) atoms. The number of hydrogen-bond donors (Lipinski definition) is 0. The molecular weight excluding hydrogens is 312 g/mol. The Morgan fingerprint density at radius 3 is 2.70 bits per heavy atom. The molecule has 0 unspecified atom stereocenters. The molecule has 1 aromatic carbocycles. The number of fused-ring (bicyclic) bond motifs is 1. The van der Waals surface area contributed by atoms with E-state index in [1.807, 2.05) is 19.1 Å². The Hall–Kier alpha value is -2.21. The third-order valence-electron chi connectivity index (χ3n) is 4.35. The Bertz CT molecular complexity index is 970. The molecular formula is C17H16N2O3S. The zero-order valence-electron chi connectivity index (χ0n) is 13.2. The standard InChI is InChI=1S/C17H16N2O3S/c1-8-9(2)17(20)22-13-7-11(6-12(21-3)14(8)13)16-19-18-15(23-16)10-4-5-10/h6-7,10H,4-5H2,1-3H3. The highest BCUT2D eigenvalue weighted by Crippen LogP contribution is 2.43. The van der Waals surface area contributed by atoms with Gasteiger partial charge in [0.15, 0.2) is 0 Å². The lowest BCUT2D eigenvalue weighted by Gasteiger charge is -2.10. The lowest BCUT2D eigenvalue weighted by molar-refractivity contribution is 0.418. The molecule has 4 rings (SSSR count). The third-order valence-corrected chi connectivity index (χ3v) is 5.48. The first-order valence-corrected chi connectivity index (χ1v) is 8.36. The van der Waals surface area contributed by atoms with Gasteiger partial charge in [0, 0.05) is 17.0 Å². The van der Waals surface area contributed by atoms with Crippen molar-refractivity contribution in [1.82, 2.24) is 10.2 Å². The maximum absolute atomic E-state index is 12.0. The van der Waals surface area contributed by atoms with Crippen LogP contribution in [0.1, 0.15) is 34.9 Å².